The smallest absolute Gasteiger partial charge is 0.325 e. The molecule has 2 rings (SSSR count). The molecule has 0 bridgehead atoms. The molecule has 2 heterocycles. The third-order valence-corrected chi connectivity index (χ3v) is 10.6. The predicted molar refractivity (Wildman–Crippen MR) is 226 cm³/mol. The molecule has 67 heavy (non-hydrogen) atoms. The van der Waals surface area contributed by atoms with E-state index in [9.17, 15) is 68.7 Å². The number of carbonyl (C=O) groups excluding carboxylic acids is 8. The molecule has 0 saturated carbocycles. The molecular formula is C39H67N9O19. The lowest BCUT2D eigenvalue weighted by Crippen LogP contribution is -2.70. The first kappa shape index (κ1) is 58.0. The van der Waals surface area contributed by atoms with E-state index in [1.807, 2.05) is 0 Å². The van der Waals surface area contributed by atoms with E-state index < -0.39 is 170 Å². The summed E-state index contributed by atoms with van der Waals surface area (Å²) in [5.74, 6) is -8.02. The number of unbranched alkanes of at least 4 members (excludes halogenated alkanes) is 1. The van der Waals surface area contributed by atoms with Crippen LogP contribution in [0.1, 0.15) is 73.6 Å². The number of carboxylic acids is 1. The van der Waals surface area contributed by atoms with E-state index in [0.29, 0.717) is 12.8 Å². The molecule has 16 atom stereocenters. The standard InChI is InChI=1S/C39H67N9O19/c1-15(33(57)44-17(3)37(61)62)43-36(60)22(9-7-8-12-40)47-25(53)11-10-21(32(41)56)48-34(58)16(2)42-35(59)18(4)64-31-27(46-20(6)52)38(63)65-24(14-50)30(31)67-39-26(45-19(5)51)29(55)28(54)23(13-49)66-39/h15-18,21-24,26-31,38-39,49-50,54-55,63H,7-14,40H2,1-6H3,(H2,41,56)(H,42,59)(H,43,60)(H,44,57)(H,45,51)(H,46,52)(H,47,53)(H,48,58)(H,61,62). The lowest BCUT2D eigenvalue weighted by Gasteiger charge is -2.48. The third-order valence-electron chi connectivity index (χ3n) is 10.6. The Labute approximate surface area is 385 Å². The Kier molecular flexibility index (Phi) is 23.9. The van der Waals surface area contributed by atoms with Crippen LogP contribution in [0, 0.1) is 0 Å². The minimum absolute atomic E-state index is 0.0941. The Morgan fingerprint density at radius 3 is 1.73 bits per heavy atom. The number of carboxylic acid groups (broad SMARTS) is 1. The van der Waals surface area contributed by atoms with E-state index in [1.165, 1.54) is 27.7 Å². The number of aliphatic carboxylic acids is 1. The van der Waals surface area contributed by atoms with Crippen LogP contribution in [0.4, 0.5) is 0 Å². The number of primary amides is 1. The SMILES string of the molecule is CC(=O)NC1C(OC2C(CO)OC(O)C(NC(C)=O)C2OC(C)C(=O)NC(C)C(=O)NC(CCC(=O)NC(CCCCN)C(=O)NC(C)C(=O)NC(C)C(=O)O)C(N)=O)OC(CO)C(O)C1O. The Morgan fingerprint density at radius 2 is 1.19 bits per heavy atom. The molecule has 2 saturated heterocycles. The van der Waals surface area contributed by atoms with Crippen molar-refractivity contribution in [2.24, 2.45) is 11.5 Å². The van der Waals surface area contributed by atoms with Crippen molar-refractivity contribution in [2.45, 2.75) is 171 Å². The van der Waals surface area contributed by atoms with Crippen LogP contribution in [0.25, 0.3) is 0 Å². The Balaban J connectivity index is 2.19. The van der Waals surface area contributed by atoms with Gasteiger partial charge in [-0.25, -0.2) is 0 Å². The average molecular weight is 966 g/mol. The summed E-state index contributed by atoms with van der Waals surface area (Å²) >= 11 is 0. The largest absolute Gasteiger partial charge is 0.480 e. The van der Waals surface area contributed by atoms with Gasteiger partial charge in [-0.15, -0.1) is 0 Å². The van der Waals surface area contributed by atoms with Crippen molar-refractivity contribution in [3.63, 3.8) is 0 Å². The van der Waals surface area contributed by atoms with Crippen LogP contribution in [0.3, 0.4) is 0 Å². The minimum atomic E-state index is -1.88. The zero-order chi connectivity index (χ0) is 50.9. The van der Waals surface area contributed by atoms with Crippen molar-refractivity contribution >= 4 is 53.2 Å². The van der Waals surface area contributed by atoms with Crippen molar-refractivity contribution in [3.05, 3.63) is 0 Å². The van der Waals surface area contributed by atoms with Gasteiger partial charge in [-0.3, -0.25) is 43.2 Å². The quantitative estimate of drug-likeness (QED) is 0.0358. The molecule has 0 aliphatic carbocycles. The summed E-state index contributed by atoms with van der Waals surface area (Å²) in [6, 6.07) is -9.51. The van der Waals surface area contributed by atoms with Gasteiger partial charge in [0, 0.05) is 20.3 Å². The third kappa shape index (κ3) is 17.8. The summed E-state index contributed by atoms with van der Waals surface area (Å²) in [7, 11) is 0. The zero-order valence-corrected chi connectivity index (χ0v) is 38.0. The number of amides is 8. The van der Waals surface area contributed by atoms with Crippen LogP contribution in [0.2, 0.25) is 0 Å². The van der Waals surface area contributed by atoms with Crippen molar-refractivity contribution in [2.75, 3.05) is 19.8 Å². The number of rotatable bonds is 26. The van der Waals surface area contributed by atoms with Gasteiger partial charge in [0.2, 0.25) is 47.3 Å². The molecule has 16 unspecified atom stereocenters. The molecule has 0 spiro atoms. The molecule has 28 nitrogen and oxygen atoms in total. The van der Waals surface area contributed by atoms with Gasteiger partial charge < -0.3 is 98.3 Å². The molecule has 0 aromatic rings. The first-order valence-corrected chi connectivity index (χ1v) is 21.5. The van der Waals surface area contributed by atoms with E-state index in [-0.39, 0.29) is 19.4 Å². The summed E-state index contributed by atoms with van der Waals surface area (Å²) in [5, 5.41) is 77.9. The first-order chi connectivity index (χ1) is 31.4. The van der Waals surface area contributed by atoms with Gasteiger partial charge in [0.05, 0.1) is 13.2 Å². The minimum Gasteiger partial charge on any atom is -0.480 e. The fourth-order valence-electron chi connectivity index (χ4n) is 6.88. The maximum absolute atomic E-state index is 13.5. The molecule has 17 N–H and O–H groups in total. The number of nitrogens with two attached hydrogens (primary N) is 2. The average Bonchev–Trinajstić information content (AvgIpc) is 3.25. The molecule has 382 valence electrons. The fraction of sp³-hybridized carbons (Fsp3) is 0.769. The van der Waals surface area contributed by atoms with Gasteiger partial charge in [-0.05, 0) is 59.9 Å². The highest BCUT2D eigenvalue weighted by atomic mass is 16.7. The summed E-state index contributed by atoms with van der Waals surface area (Å²) in [6.45, 7) is 5.74. The normalized spacial score (nSPS) is 27.6. The highest BCUT2D eigenvalue weighted by molar-refractivity contribution is 5.94. The summed E-state index contributed by atoms with van der Waals surface area (Å²) in [6.07, 6.45) is -14.6. The Morgan fingerprint density at radius 1 is 0.642 bits per heavy atom. The molecule has 28 heteroatoms. The van der Waals surface area contributed by atoms with Crippen molar-refractivity contribution in [1.29, 1.82) is 0 Å². The number of aliphatic hydroxyl groups is 5. The maximum Gasteiger partial charge on any atom is 0.325 e. The van der Waals surface area contributed by atoms with Crippen LogP contribution in [-0.2, 0) is 62.1 Å². The fourth-order valence-corrected chi connectivity index (χ4v) is 6.88. The second kappa shape index (κ2) is 27.6. The van der Waals surface area contributed by atoms with Crippen LogP contribution in [0.5, 0.6) is 0 Å². The highest BCUT2D eigenvalue weighted by Gasteiger charge is 2.53. The number of hydrogen-bond donors (Lipinski definition) is 15. The lowest BCUT2D eigenvalue weighted by molar-refractivity contribution is -0.333. The molecular weight excluding hydrogens is 898 g/mol. The van der Waals surface area contributed by atoms with Gasteiger partial charge in [-0.1, -0.05) is 0 Å². The van der Waals surface area contributed by atoms with Crippen molar-refractivity contribution in [1.82, 2.24) is 37.2 Å². The van der Waals surface area contributed by atoms with Crippen molar-refractivity contribution < 1.29 is 92.7 Å². The summed E-state index contributed by atoms with van der Waals surface area (Å²) in [4.78, 5) is 113. The monoisotopic (exact) mass is 965 g/mol. The molecule has 2 aliphatic rings. The Bertz CT molecular complexity index is 1730. The molecule has 2 fully saturated rings. The number of ether oxygens (including phenoxy) is 4. The zero-order valence-electron chi connectivity index (χ0n) is 38.0. The lowest BCUT2D eigenvalue weighted by atomic mass is 9.94. The molecule has 0 aromatic heterocycles. The first-order valence-electron chi connectivity index (χ1n) is 21.5. The van der Waals surface area contributed by atoms with Gasteiger partial charge in [-0.2, -0.15) is 0 Å². The van der Waals surface area contributed by atoms with Crippen LogP contribution in [0.15, 0.2) is 0 Å². The van der Waals surface area contributed by atoms with Gasteiger partial charge >= 0.3 is 5.97 Å². The van der Waals surface area contributed by atoms with E-state index in [4.69, 9.17) is 35.5 Å². The van der Waals surface area contributed by atoms with E-state index in [0.717, 1.165) is 13.8 Å². The topological polar surface area (TPSA) is 448 Å². The molecule has 0 aromatic carbocycles. The van der Waals surface area contributed by atoms with Crippen molar-refractivity contribution in [3.8, 4) is 0 Å². The molecule has 8 amide bonds. The number of nitrogens with one attached hydrogen (secondary N) is 7. The highest BCUT2D eigenvalue weighted by Crippen LogP contribution is 2.31. The van der Waals surface area contributed by atoms with Gasteiger partial charge in [0.1, 0.15) is 85.0 Å². The molecule has 2 aliphatic heterocycles. The second-order valence-electron chi connectivity index (χ2n) is 16.2. The number of carbonyl (C=O) groups is 9. The number of hydrogen-bond acceptors (Lipinski definition) is 19. The predicted octanol–water partition coefficient (Wildman–Crippen LogP) is -7.73. The maximum atomic E-state index is 13.5. The number of aliphatic hydroxyl groups excluding tert-OH is 5. The second-order valence-corrected chi connectivity index (χ2v) is 16.2. The van der Waals surface area contributed by atoms with Crippen LogP contribution >= 0.6 is 0 Å². The molecule has 0 radical (unpaired) electrons. The van der Waals surface area contributed by atoms with E-state index >= 15 is 0 Å². The van der Waals surface area contributed by atoms with Gasteiger partial charge in [0.25, 0.3) is 0 Å². The summed E-state index contributed by atoms with van der Waals surface area (Å²) < 4.78 is 23.2. The van der Waals surface area contributed by atoms with Crippen LogP contribution in [-0.4, -0.2) is 201 Å². The van der Waals surface area contributed by atoms with E-state index in [1.54, 1.807) is 0 Å². The van der Waals surface area contributed by atoms with Gasteiger partial charge in [0.15, 0.2) is 12.6 Å². The van der Waals surface area contributed by atoms with E-state index in [2.05, 4.69) is 37.2 Å². The summed E-state index contributed by atoms with van der Waals surface area (Å²) in [5.41, 5.74) is 11.1. The van der Waals surface area contributed by atoms with Crippen LogP contribution < -0.4 is 48.7 Å². The Hall–Kier alpha value is -5.17.